The van der Waals surface area contributed by atoms with E-state index < -0.39 is 23.6 Å². The Hall–Kier alpha value is -2.08. The third-order valence-corrected chi connectivity index (χ3v) is 4.51. The summed E-state index contributed by atoms with van der Waals surface area (Å²) in [5.74, 6) is -0.419. The smallest absolute Gasteiger partial charge is 0.410 e. The number of hydrogen-bond donors (Lipinski definition) is 1. The molecule has 1 amide bonds. The quantitative estimate of drug-likeness (QED) is 0.855. The molecule has 1 aliphatic rings. The van der Waals surface area contributed by atoms with Crippen LogP contribution in [0.25, 0.3) is 0 Å². The zero-order chi connectivity index (χ0) is 17.6. The van der Waals surface area contributed by atoms with E-state index in [0.717, 1.165) is 5.56 Å². The molecule has 6 nitrogen and oxygen atoms in total. The minimum absolute atomic E-state index is 0.202. The van der Waals surface area contributed by atoms with E-state index >= 15 is 0 Å². The Kier molecular flexibility index (Phi) is 6.20. The Morgan fingerprint density at radius 3 is 2.62 bits per heavy atom. The zero-order valence-electron chi connectivity index (χ0n) is 14.2. The van der Waals surface area contributed by atoms with Gasteiger partial charge in [-0.25, -0.2) is 4.79 Å². The summed E-state index contributed by atoms with van der Waals surface area (Å²) >= 11 is 0. The van der Waals surface area contributed by atoms with Crippen LogP contribution in [0.4, 0.5) is 4.79 Å². The second kappa shape index (κ2) is 8.15. The largest absolute Gasteiger partial charge is 0.465 e. The Balaban J connectivity index is 1.94. The standard InChI is InChI=1S/C18H25NO5/c1-3-23-16(21)18(2)10-12-19(11-9-15(18)20)17(22)24-13-14-7-5-4-6-8-14/h4-8,15,20H,3,9-13H2,1-2H3/t15-,18+/m1/s1. The maximum absolute atomic E-state index is 12.2. The molecular formula is C18H25NO5. The highest BCUT2D eigenvalue weighted by Gasteiger charge is 2.44. The fourth-order valence-electron chi connectivity index (χ4n) is 2.77. The molecule has 6 heteroatoms. The van der Waals surface area contributed by atoms with Gasteiger partial charge in [0.2, 0.25) is 0 Å². The molecule has 1 aromatic rings. The Labute approximate surface area is 142 Å². The van der Waals surface area contributed by atoms with Crippen LogP contribution in [0, 0.1) is 5.41 Å². The average molecular weight is 335 g/mol. The minimum atomic E-state index is -0.996. The zero-order valence-corrected chi connectivity index (χ0v) is 14.2. The van der Waals surface area contributed by atoms with Crippen molar-refractivity contribution in [3.05, 3.63) is 35.9 Å². The number of aliphatic hydroxyl groups excluding tert-OH is 1. The Morgan fingerprint density at radius 1 is 1.25 bits per heavy atom. The predicted octanol–water partition coefficient (Wildman–Crippen LogP) is 2.35. The number of esters is 1. The van der Waals surface area contributed by atoms with Crippen LogP contribution in [0.2, 0.25) is 0 Å². The summed E-state index contributed by atoms with van der Waals surface area (Å²) in [6.45, 7) is 4.59. The highest BCUT2D eigenvalue weighted by atomic mass is 16.6. The van der Waals surface area contributed by atoms with Crippen LogP contribution in [0.1, 0.15) is 32.3 Å². The minimum Gasteiger partial charge on any atom is -0.465 e. The molecule has 1 saturated heterocycles. The van der Waals surface area contributed by atoms with Gasteiger partial charge >= 0.3 is 12.1 Å². The Bertz CT molecular complexity index is 562. The first-order valence-corrected chi connectivity index (χ1v) is 8.28. The molecule has 1 aromatic carbocycles. The number of nitrogens with zero attached hydrogens (tertiary/aromatic N) is 1. The number of aliphatic hydroxyl groups is 1. The summed E-state index contributed by atoms with van der Waals surface area (Å²) < 4.78 is 10.4. The van der Waals surface area contributed by atoms with Crippen molar-refractivity contribution in [3.8, 4) is 0 Å². The molecular weight excluding hydrogens is 310 g/mol. The Morgan fingerprint density at radius 2 is 1.96 bits per heavy atom. The van der Waals surface area contributed by atoms with Crippen molar-refractivity contribution >= 4 is 12.1 Å². The lowest BCUT2D eigenvalue weighted by atomic mass is 9.80. The molecule has 132 valence electrons. The van der Waals surface area contributed by atoms with Crippen LogP contribution >= 0.6 is 0 Å². The number of carbonyl (C=O) groups is 2. The maximum Gasteiger partial charge on any atom is 0.410 e. The average Bonchev–Trinajstić information content (AvgIpc) is 2.74. The summed E-state index contributed by atoms with van der Waals surface area (Å²) in [7, 11) is 0. The van der Waals surface area contributed by atoms with Gasteiger partial charge in [0.05, 0.1) is 18.1 Å². The fraction of sp³-hybridized carbons (Fsp3) is 0.556. The van der Waals surface area contributed by atoms with Crippen molar-refractivity contribution in [1.82, 2.24) is 4.90 Å². The first kappa shape index (κ1) is 18.3. The summed E-state index contributed by atoms with van der Waals surface area (Å²) in [5, 5.41) is 10.3. The highest BCUT2D eigenvalue weighted by Crippen LogP contribution is 2.33. The molecule has 0 bridgehead atoms. The molecule has 0 aliphatic carbocycles. The van der Waals surface area contributed by atoms with Crippen molar-refractivity contribution in [1.29, 1.82) is 0 Å². The van der Waals surface area contributed by atoms with Crippen LogP contribution < -0.4 is 0 Å². The van der Waals surface area contributed by atoms with Crippen LogP contribution in [-0.2, 0) is 20.9 Å². The number of amides is 1. The summed E-state index contributed by atoms with van der Waals surface area (Å²) in [6, 6.07) is 9.44. The van der Waals surface area contributed by atoms with E-state index in [1.807, 2.05) is 30.3 Å². The van der Waals surface area contributed by atoms with Crippen LogP contribution in [0.5, 0.6) is 0 Å². The molecule has 0 spiro atoms. The van der Waals surface area contributed by atoms with Gasteiger partial charge in [-0.1, -0.05) is 30.3 Å². The molecule has 2 rings (SSSR count). The summed E-state index contributed by atoms with van der Waals surface area (Å²) in [6.07, 6.45) is -0.619. The molecule has 1 fully saturated rings. The van der Waals surface area contributed by atoms with Crippen LogP contribution in [0.15, 0.2) is 30.3 Å². The first-order chi connectivity index (χ1) is 11.5. The van der Waals surface area contributed by atoms with E-state index in [2.05, 4.69) is 0 Å². The highest BCUT2D eigenvalue weighted by molar-refractivity contribution is 5.77. The van der Waals surface area contributed by atoms with E-state index in [-0.39, 0.29) is 13.2 Å². The SMILES string of the molecule is CCOC(=O)[C@@]1(C)CCN(C(=O)OCc2ccccc2)CC[C@H]1O. The number of ether oxygens (including phenoxy) is 2. The second-order valence-electron chi connectivity index (χ2n) is 6.22. The molecule has 24 heavy (non-hydrogen) atoms. The van der Waals surface area contributed by atoms with Gasteiger partial charge in [0, 0.05) is 13.1 Å². The van der Waals surface area contributed by atoms with Crippen molar-refractivity contribution in [2.45, 2.75) is 39.4 Å². The lowest BCUT2D eigenvalue weighted by molar-refractivity contribution is -0.161. The molecule has 0 radical (unpaired) electrons. The van der Waals surface area contributed by atoms with Gasteiger partial charge in [0.1, 0.15) is 6.61 Å². The molecule has 1 heterocycles. The maximum atomic E-state index is 12.2. The number of hydrogen-bond acceptors (Lipinski definition) is 5. The number of likely N-dealkylation sites (tertiary alicyclic amines) is 1. The molecule has 1 N–H and O–H groups in total. The first-order valence-electron chi connectivity index (χ1n) is 8.28. The molecule has 0 unspecified atom stereocenters. The van der Waals surface area contributed by atoms with E-state index in [9.17, 15) is 14.7 Å². The molecule has 1 aliphatic heterocycles. The summed E-state index contributed by atoms with van der Waals surface area (Å²) in [5.41, 5.74) is -0.0816. The number of rotatable bonds is 4. The van der Waals surface area contributed by atoms with Crippen molar-refractivity contribution < 1.29 is 24.2 Å². The van der Waals surface area contributed by atoms with Crippen LogP contribution in [-0.4, -0.2) is 47.9 Å². The van der Waals surface area contributed by atoms with Gasteiger partial charge in [-0.3, -0.25) is 4.79 Å². The summed E-state index contributed by atoms with van der Waals surface area (Å²) in [4.78, 5) is 25.9. The number of benzene rings is 1. The van der Waals surface area contributed by atoms with Crippen molar-refractivity contribution in [2.24, 2.45) is 5.41 Å². The van der Waals surface area contributed by atoms with Crippen molar-refractivity contribution in [2.75, 3.05) is 19.7 Å². The fourth-order valence-corrected chi connectivity index (χ4v) is 2.77. The van der Waals surface area contributed by atoms with Gasteiger partial charge in [-0.05, 0) is 32.3 Å². The lowest BCUT2D eigenvalue weighted by Crippen LogP contribution is -2.41. The van der Waals surface area contributed by atoms with Gasteiger partial charge in [-0.2, -0.15) is 0 Å². The molecule has 0 saturated carbocycles. The normalized spacial score (nSPS) is 24.1. The van der Waals surface area contributed by atoms with Crippen molar-refractivity contribution in [3.63, 3.8) is 0 Å². The van der Waals surface area contributed by atoms with E-state index in [1.165, 1.54) is 4.90 Å². The topological polar surface area (TPSA) is 76.1 Å². The lowest BCUT2D eigenvalue weighted by Gasteiger charge is -2.29. The van der Waals surface area contributed by atoms with E-state index in [1.54, 1.807) is 13.8 Å². The van der Waals surface area contributed by atoms with Gasteiger partial charge in [-0.15, -0.1) is 0 Å². The third-order valence-electron chi connectivity index (χ3n) is 4.51. The van der Waals surface area contributed by atoms with Gasteiger partial charge in [0.25, 0.3) is 0 Å². The van der Waals surface area contributed by atoms with E-state index in [4.69, 9.17) is 9.47 Å². The van der Waals surface area contributed by atoms with E-state index in [0.29, 0.717) is 25.9 Å². The van der Waals surface area contributed by atoms with Crippen LogP contribution in [0.3, 0.4) is 0 Å². The predicted molar refractivity (Wildman–Crippen MR) is 88.2 cm³/mol. The third kappa shape index (κ3) is 4.26. The molecule has 2 atom stereocenters. The van der Waals surface area contributed by atoms with Gasteiger partial charge < -0.3 is 19.5 Å². The number of carbonyl (C=O) groups excluding carboxylic acids is 2. The second-order valence-corrected chi connectivity index (χ2v) is 6.22. The molecule has 0 aromatic heterocycles. The van der Waals surface area contributed by atoms with Gasteiger partial charge in [0.15, 0.2) is 0 Å². The monoisotopic (exact) mass is 335 g/mol.